The van der Waals surface area contributed by atoms with Gasteiger partial charge in [0.25, 0.3) is 0 Å². The Morgan fingerprint density at radius 2 is 2.00 bits per heavy atom. The van der Waals surface area contributed by atoms with Gasteiger partial charge in [-0.25, -0.2) is 0 Å². The highest BCUT2D eigenvalue weighted by Crippen LogP contribution is 2.20. The first-order valence-corrected chi connectivity index (χ1v) is 5.70. The van der Waals surface area contributed by atoms with E-state index in [-0.39, 0.29) is 0 Å². The molecule has 0 amide bonds. The monoisotopic (exact) mass is 185 g/mol. The molecular formula is C11H23NO. The van der Waals surface area contributed by atoms with E-state index < -0.39 is 0 Å². The van der Waals surface area contributed by atoms with Gasteiger partial charge in [-0.05, 0) is 25.7 Å². The molecule has 78 valence electrons. The van der Waals surface area contributed by atoms with Crippen LogP contribution in [0.25, 0.3) is 0 Å². The van der Waals surface area contributed by atoms with Crippen molar-refractivity contribution in [3.63, 3.8) is 0 Å². The summed E-state index contributed by atoms with van der Waals surface area (Å²) in [6.45, 7) is 2.99. The van der Waals surface area contributed by atoms with Gasteiger partial charge in [0.15, 0.2) is 0 Å². The predicted molar refractivity (Wildman–Crippen MR) is 55.7 cm³/mol. The Kier molecular flexibility index (Phi) is 5.40. The third kappa shape index (κ3) is 4.63. The summed E-state index contributed by atoms with van der Waals surface area (Å²) in [6, 6.07) is 0.337. The first-order chi connectivity index (χ1) is 6.33. The highest BCUT2D eigenvalue weighted by atomic mass is 16.5. The molecule has 2 heteroatoms. The fourth-order valence-corrected chi connectivity index (χ4v) is 1.82. The molecule has 0 radical (unpaired) electrons. The van der Waals surface area contributed by atoms with E-state index in [4.69, 9.17) is 10.5 Å². The first kappa shape index (κ1) is 11.0. The van der Waals surface area contributed by atoms with Crippen LogP contribution in [0.1, 0.15) is 51.9 Å². The van der Waals surface area contributed by atoms with Gasteiger partial charge in [0.05, 0.1) is 6.10 Å². The minimum atomic E-state index is 0.337. The van der Waals surface area contributed by atoms with Gasteiger partial charge in [-0.2, -0.15) is 0 Å². The van der Waals surface area contributed by atoms with Crippen LogP contribution < -0.4 is 5.73 Å². The summed E-state index contributed by atoms with van der Waals surface area (Å²) in [7, 11) is 0. The average molecular weight is 185 g/mol. The molecule has 2 N–H and O–H groups in total. The molecule has 1 saturated carbocycles. The van der Waals surface area contributed by atoms with Gasteiger partial charge in [0.2, 0.25) is 0 Å². The number of hydrogen-bond acceptors (Lipinski definition) is 2. The standard InChI is InChI=1S/C11H23NO/c1-2-10(12)8-9-13-11-6-4-3-5-7-11/h10-11H,2-9,12H2,1H3. The number of ether oxygens (including phenoxy) is 1. The van der Waals surface area contributed by atoms with Crippen molar-refractivity contribution in [2.24, 2.45) is 5.73 Å². The number of nitrogens with two attached hydrogens (primary N) is 1. The molecule has 1 aliphatic carbocycles. The Morgan fingerprint density at radius 1 is 1.31 bits per heavy atom. The third-order valence-corrected chi connectivity index (χ3v) is 2.92. The first-order valence-electron chi connectivity index (χ1n) is 5.70. The maximum absolute atomic E-state index is 5.81. The molecule has 0 aromatic rings. The lowest BCUT2D eigenvalue weighted by atomic mass is 9.98. The summed E-state index contributed by atoms with van der Waals surface area (Å²) in [6.07, 6.45) is 9.25. The Bertz CT molecular complexity index is 121. The van der Waals surface area contributed by atoms with Crippen molar-refractivity contribution in [3.05, 3.63) is 0 Å². The zero-order valence-electron chi connectivity index (χ0n) is 8.80. The number of hydrogen-bond donors (Lipinski definition) is 1. The van der Waals surface area contributed by atoms with E-state index in [1.54, 1.807) is 0 Å². The predicted octanol–water partition coefficient (Wildman–Crippen LogP) is 2.46. The minimum absolute atomic E-state index is 0.337. The lowest BCUT2D eigenvalue weighted by molar-refractivity contribution is 0.0248. The van der Waals surface area contributed by atoms with E-state index in [1.807, 2.05) is 0 Å². The molecule has 1 aliphatic rings. The van der Waals surface area contributed by atoms with Gasteiger partial charge in [0, 0.05) is 12.6 Å². The van der Waals surface area contributed by atoms with E-state index in [0.717, 1.165) is 19.4 Å². The Hall–Kier alpha value is -0.0800. The number of rotatable bonds is 5. The van der Waals surface area contributed by atoms with Crippen LogP contribution >= 0.6 is 0 Å². The topological polar surface area (TPSA) is 35.2 Å². The second-order valence-electron chi connectivity index (χ2n) is 4.09. The van der Waals surface area contributed by atoms with Crippen molar-refractivity contribution in [1.29, 1.82) is 0 Å². The van der Waals surface area contributed by atoms with Crippen LogP contribution in [0.3, 0.4) is 0 Å². The van der Waals surface area contributed by atoms with Crippen molar-refractivity contribution in [2.75, 3.05) is 6.61 Å². The van der Waals surface area contributed by atoms with E-state index in [0.29, 0.717) is 12.1 Å². The largest absolute Gasteiger partial charge is 0.378 e. The SMILES string of the molecule is CCC(N)CCOC1CCCCC1. The van der Waals surface area contributed by atoms with Crippen molar-refractivity contribution in [3.8, 4) is 0 Å². The smallest absolute Gasteiger partial charge is 0.0575 e. The maximum Gasteiger partial charge on any atom is 0.0575 e. The van der Waals surface area contributed by atoms with Crippen LogP contribution in [0.2, 0.25) is 0 Å². The van der Waals surface area contributed by atoms with Gasteiger partial charge in [0.1, 0.15) is 0 Å². The van der Waals surface area contributed by atoms with Gasteiger partial charge >= 0.3 is 0 Å². The molecule has 1 atom stereocenters. The molecule has 1 unspecified atom stereocenters. The molecule has 0 heterocycles. The molecule has 1 fully saturated rings. The minimum Gasteiger partial charge on any atom is -0.378 e. The molecule has 0 aliphatic heterocycles. The van der Waals surface area contributed by atoms with Crippen LogP contribution in [-0.4, -0.2) is 18.8 Å². The highest BCUT2D eigenvalue weighted by molar-refractivity contribution is 4.66. The normalized spacial score (nSPS) is 21.7. The molecule has 0 aromatic heterocycles. The van der Waals surface area contributed by atoms with Crippen LogP contribution in [0.5, 0.6) is 0 Å². The fourth-order valence-electron chi connectivity index (χ4n) is 1.82. The molecular weight excluding hydrogens is 162 g/mol. The van der Waals surface area contributed by atoms with Crippen LogP contribution in [-0.2, 0) is 4.74 Å². The molecule has 0 bridgehead atoms. The van der Waals surface area contributed by atoms with Crippen molar-refractivity contribution < 1.29 is 4.74 Å². The summed E-state index contributed by atoms with van der Waals surface area (Å²) in [5, 5.41) is 0. The zero-order chi connectivity index (χ0) is 9.52. The van der Waals surface area contributed by atoms with Gasteiger partial charge < -0.3 is 10.5 Å². The highest BCUT2D eigenvalue weighted by Gasteiger charge is 2.13. The van der Waals surface area contributed by atoms with E-state index in [2.05, 4.69) is 6.92 Å². The fraction of sp³-hybridized carbons (Fsp3) is 1.00. The van der Waals surface area contributed by atoms with Crippen LogP contribution in [0.4, 0.5) is 0 Å². The van der Waals surface area contributed by atoms with Crippen molar-refractivity contribution in [2.45, 2.75) is 64.0 Å². The van der Waals surface area contributed by atoms with Gasteiger partial charge in [-0.1, -0.05) is 26.2 Å². The lowest BCUT2D eigenvalue weighted by Crippen LogP contribution is -2.23. The summed E-state index contributed by atoms with van der Waals surface area (Å²) < 4.78 is 5.78. The molecule has 13 heavy (non-hydrogen) atoms. The maximum atomic E-state index is 5.81. The summed E-state index contributed by atoms with van der Waals surface area (Å²) in [5.74, 6) is 0. The van der Waals surface area contributed by atoms with E-state index >= 15 is 0 Å². The second-order valence-corrected chi connectivity index (χ2v) is 4.09. The molecule has 2 nitrogen and oxygen atoms in total. The third-order valence-electron chi connectivity index (χ3n) is 2.92. The molecule has 0 saturated heterocycles. The lowest BCUT2D eigenvalue weighted by Gasteiger charge is -2.22. The zero-order valence-corrected chi connectivity index (χ0v) is 8.80. The molecule has 1 rings (SSSR count). The Balaban J connectivity index is 1.98. The molecule has 0 aromatic carbocycles. The van der Waals surface area contributed by atoms with Crippen LogP contribution in [0.15, 0.2) is 0 Å². The Morgan fingerprint density at radius 3 is 2.62 bits per heavy atom. The molecule has 0 spiro atoms. The summed E-state index contributed by atoms with van der Waals surface area (Å²) in [5.41, 5.74) is 5.81. The van der Waals surface area contributed by atoms with E-state index in [9.17, 15) is 0 Å². The quantitative estimate of drug-likeness (QED) is 0.714. The van der Waals surface area contributed by atoms with E-state index in [1.165, 1.54) is 32.1 Å². The van der Waals surface area contributed by atoms with Crippen LogP contribution in [0, 0.1) is 0 Å². The second kappa shape index (κ2) is 6.39. The summed E-state index contributed by atoms with van der Waals surface area (Å²) in [4.78, 5) is 0. The summed E-state index contributed by atoms with van der Waals surface area (Å²) >= 11 is 0. The van der Waals surface area contributed by atoms with Crippen molar-refractivity contribution in [1.82, 2.24) is 0 Å². The Labute approximate surface area is 81.8 Å². The van der Waals surface area contributed by atoms with Gasteiger partial charge in [-0.3, -0.25) is 0 Å². The average Bonchev–Trinajstić information content (AvgIpc) is 2.19. The van der Waals surface area contributed by atoms with Gasteiger partial charge in [-0.15, -0.1) is 0 Å². The van der Waals surface area contributed by atoms with Crippen molar-refractivity contribution >= 4 is 0 Å².